The van der Waals surface area contributed by atoms with E-state index in [1.165, 1.54) is 30.7 Å². The maximum atomic E-state index is 13.8. The second-order valence-electron chi connectivity index (χ2n) is 9.61. The summed E-state index contributed by atoms with van der Waals surface area (Å²) in [6, 6.07) is 8.41. The van der Waals surface area contributed by atoms with Crippen molar-refractivity contribution < 1.29 is 38.1 Å². The van der Waals surface area contributed by atoms with Gasteiger partial charge in [0.25, 0.3) is 5.56 Å². The number of nitrogens with one attached hydrogen (secondary N) is 2. The smallest absolute Gasteiger partial charge is 0.459 e. The Morgan fingerprint density at radius 3 is 2.66 bits per heavy atom. The molecule has 1 aliphatic heterocycles. The SMILES string of the molecule is C[C@H](N[P@](=O)(OC[C@H]1O[C@@H](n2ccc(=O)[nH]c2=S)C(C)(O)[C@H]1O)Oc1ccccc1)C(=O)OC1CCCC1. The van der Waals surface area contributed by atoms with Gasteiger partial charge in [0.1, 0.15) is 35.7 Å². The zero-order chi connectivity index (χ0) is 27.5. The Kier molecular flexibility index (Phi) is 8.88. The first-order valence-corrected chi connectivity index (χ1v) is 14.3. The Balaban J connectivity index is 1.49. The van der Waals surface area contributed by atoms with Crippen LogP contribution in [0.2, 0.25) is 0 Å². The fourth-order valence-corrected chi connectivity index (χ4v) is 6.19. The molecule has 2 fully saturated rings. The summed E-state index contributed by atoms with van der Waals surface area (Å²) in [4.78, 5) is 26.6. The van der Waals surface area contributed by atoms with E-state index >= 15 is 0 Å². The normalized spacial score (nSPS) is 28.1. The van der Waals surface area contributed by atoms with Crippen molar-refractivity contribution in [2.75, 3.05) is 6.61 Å². The molecule has 2 aliphatic rings. The van der Waals surface area contributed by atoms with Gasteiger partial charge in [-0.15, -0.1) is 0 Å². The van der Waals surface area contributed by atoms with Crippen LogP contribution in [-0.4, -0.2) is 62.3 Å². The summed E-state index contributed by atoms with van der Waals surface area (Å²) in [6.07, 6.45) is 0.846. The van der Waals surface area contributed by atoms with Crippen LogP contribution in [0.3, 0.4) is 0 Å². The molecular weight excluding hydrogens is 537 g/mol. The van der Waals surface area contributed by atoms with Gasteiger partial charge in [0.15, 0.2) is 11.0 Å². The first kappa shape index (κ1) is 28.6. The van der Waals surface area contributed by atoms with Crippen molar-refractivity contribution in [1.29, 1.82) is 0 Å². The summed E-state index contributed by atoms with van der Waals surface area (Å²) in [5, 5.41) is 24.4. The Labute approximate surface area is 224 Å². The van der Waals surface area contributed by atoms with Crippen molar-refractivity contribution in [3.8, 4) is 5.75 Å². The Morgan fingerprint density at radius 2 is 2.00 bits per heavy atom. The minimum Gasteiger partial charge on any atom is -0.461 e. The first-order chi connectivity index (χ1) is 18.0. The maximum Gasteiger partial charge on any atom is 0.459 e. The molecule has 38 heavy (non-hydrogen) atoms. The van der Waals surface area contributed by atoms with Crippen LogP contribution in [0.15, 0.2) is 47.4 Å². The van der Waals surface area contributed by atoms with Gasteiger partial charge in [0.05, 0.1) is 6.61 Å². The van der Waals surface area contributed by atoms with Gasteiger partial charge in [-0.2, -0.15) is 5.09 Å². The minimum atomic E-state index is -4.22. The third kappa shape index (κ3) is 6.60. The van der Waals surface area contributed by atoms with Gasteiger partial charge in [-0.1, -0.05) is 18.2 Å². The van der Waals surface area contributed by atoms with Crippen molar-refractivity contribution in [3.05, 3.63) is 57.7 Å². The molecule has 2 heterocycles. The standard InChI is InChI=1S/C24H32N3O9PS/c1-15(21(30)34-16-8-6-7-9-16)26-37(32,36-17-10-4-3-5-11-17)33-14-18-20(29)24(2,31)22(35-18)27-13-12-19(28)25-23(27)38/h3-5,10-13,15-16,18,20,22,29,31H,6-9,14H2,1-2H3,(H,26,32)(H,25,28,38)/t15-,18+,20-,22+,24?,37-/m0/s1. The van der Waals surface area contributed by atoms with Gasteiger partial charge in [-0.3, -0.25) is 23.7 Å². The van der Waals surface area contributed by atoms with Crippen LogP contribution in [0.5, 0.6) is 5.75 Å². The summed E-state index contributed by atoms with van der Waals surface area (Å²) < 4.78 is 37.7. The van der Waals surface area contributed by atoms with Crippen LogP contribution in [-0.2, 0) is 23.4 Å². The largest absolute Gasteiger partial charge is 0.461 e. The molecule has 12 nitrogen and oxygen atoms in total. The van der Waals surface area contributed by atoms with E-state index in [-0.39, 0.29) is 16.6 Å². The fourth-order valence-electron chi connectivity index (χ4n) is 4.43. The van der Waals surface area contributed by atoms with Gasteiger partial charge < -0.3 is 24.2 Å². The number of para-hydroxylation sites is 1. The van der Waals surface area contributed by atoms with Crippen molar-refractivity contribution >= 4 is 25.9 Å². The average Bonchev–Trinajstić information content (AvgIpc) is 3.45. The van der Waals surface area contributed by atoms with E-state index in [4.69, 9.17) is 30.7 Å². The van der Waals surface area contributed by atoms with E-state index in [9.17, 15) is 24.4 Å². The number of rotatable bonds is 10. The molecule has 0 spiro atoms. The zero-order valence-corrected chi connectivity index (χ0v) is 22.7. The van der Waals surface area contributed by atoms with Crippen molar-refractivity contribution in [2.24, 2.45) is 0 Å². The number of aliphatic hydroxyl groups is 2. The molecule has 0 amide bonds. The Hall–Kier alpha value is -2.38. The number of aliphatic hydroxyl groups excluding tert-OH is 1. The van der Waals surface area contributed by atoms with Gasteiger partial charge >= 0.3 is 13.7 Å². The summed E-state index contributed by atoms with van der Waals surface area (Å²) in [6.45, 7) is 2.35. The van der Waals surface area contributed by atoms with Crippen LogP contribution in [0, 0.1) is 4.77 Å². The molecular formula is C24H32N3O9PS. The monoisotopic (exact) mass is 569 g/mol. The Bertz CT molecular complexity index is 1280. The molecule has 208 valence electrons. The maximum absolute atomic E-state index is 13.8. The van der Waals surface area contributed by atoms with Crippen LogP contribution in [0.4, 0.5) is 0 Å². The van der Waals surface area contributed by atoms with Gasteiger partial charge in [-0.05, 0) is 63.9 Å². The lowest BCUT2D eigenvalue weighted by Gasteiger charge is -2.28. The third-order valence-electron chi connectivity index (χ3n) is 6.53. The minimum absolute atomic E-state index is 0.0223. The number of esters is 1. The van der Waals surface area contributed by atoms with Crippen LogP contribution >= 0.6 is 20.0 Å². The lowest BCUT2D eigenvalue weighted by molar-refractivity contribution is -0.150. The predicted octanol–water partition coefficient (Wildman–Crippen LogP) is 2.58. The molecule has 1 aliphatic carbocycles. The highest BCUT2D eigenvalue weighted by molar-refractivity contribution is 7.71. The van der Waals surface area contributed by atoms with Crippen molar-refractivity contribution in [3.63, 3.8) is 0 Å². The lowest BCUT2D eigenvalue weighted by Crippen LogP contribution is -2.45. The third-order valence-corrected chi connectivity index (χ3v) is 8.48. The molecule has 1 saturated carbocycles. The van der Waals surface area contributed by atoms with E-state index in [2.05, 4.69) is 10.1 Å². The predicted molar refractivity (Wildman–Crippen MR) is 138 cm³/mol. The molecule has 1 aromatic carbocycles. The Morgan fingerprint density at radius 1 is 1.32 bits per heavy atom. The highest BCUT2D eigenvalue weighted by Gasteiger charge is 2.54. The number of aromatic nitrogens is 2. The number of nitrogens with zero attached hydrogens (tertiary/aromatic N) is 1. The number of ether oxygens (including phenoxy) is 2. The van der Waals surface area contributed by atoms with Crippen molar-refractivity contribution in [1.82, 2.24) is 14.6 Å². The first-order valence-electron chi connectivity index (χ1n) is 12.3. The molecule has 6 atom stereocenters. The molecule has 4 rings (SSSR count). The molecule has 1 aromatic heterocycles. The number of hydrogen-bond acceptors (Lipinski definition) is 10. The number of hydrogen-bond donors (Lipinski definition) is 4. The van der Waals surface area contributed by atoms with Gasteiger partial charge in [0, 0.05) is 12.3 Å². The molecule has 4 N–H and O–H groups in total. The number of carbonyl (C=O) groups excluding carboxylic acids is 1. The van der Waals surface area contributed by atoms with E-state index in [1.807, 2.05) is 0 Å². The topological polar surface area (TPSA) is 161 Å². The molecule has 0 bridgehead atoms. The highest BCUT2D eigenvalue weighted by atomic mass is 32.1. The van der Waals surface area contributed by atoms with Gasteiger partial charge in [0.2, 0.25) is 0 Å². The van der Waals surface area contributed by atoms with Crippen LogP contribution < -0.4 is 15.2 Å². The van der Waals surface area contributed by atoms with E-state index in [1.54, 1.807) is 30.3 Å². The van der Waals surface area contributed by atoms with Gasteiger partial charge in [-0.25, -0.2) is 4.57 Å². The molecule has 1 saturated heterocycles. The molecule has 1 unspecified atom stereocenters. The summed E-state index contributed by atoms with van der Waals surface area (Å²) in [7, 11) is -4.22. The number of carbonyl (C=O) groups is 1. The van der Waals surface area contributed by atoms with Crippen LogP contribution in [0.25, 0.3) is 0 Å². The lowest BCUT2D eigenvalue weighted by atomic mass is 9.96. The second-order valence-corrected chi connectivity index (χ2v) is 11.7. The summed E-state index contributed by atoms with van der Waals surface area (Å²) in [5.74, 6) is -0.373. The molecule has 14 heteroatoms. The van der Waals surface area contributed by atoms with Crippen LogP contribution in [0.1, 0.15) is 45.8 Å². The highest BCUT2D eigenvalue weighted by Crippen LogP contribution is 2.47. The van der Waals surface area contributed by atoms with E-state index in [0.29, 0.717) is 0 Å². The van der Waals surface area contributed by atoms with E-state index in [0.717, 1.165) is 25.7 Å². The zero-order valence-electron chi connectivity index (χ0n) is 21.0. The van der Waals surface area contributed by atoms with E-state index < -0.39 is 56.0 Å². The summed E-state index contributed by atoms with van der Waals surface area (Å²) >= 11 is 5.16. The fraction of sp³-hybridized carbons (Fsp3) is 0.542. The number of aromatic amines is 1. The molecule has 2 aromatic rings. The average molecular weight is 570 g/mol. The van der Waals surface area contributed by atoms with Crippen molar-refractivity contribution in [2.45, 2.75) is 75.7 Å². The summed E-state index contributed by atoms with van der Waals surface area (Å²) in [5.41, 5.74) is -2.28. The second kappa shape index (κ2) is 11.8. The number of benzene rings is 1. The number of H-pyrrole nitrogens is 1. The quantitative estimate of drug-likeness (QED) is 0.189. The molecule has 0 radical (unpaired) electrons.